The Hall–Kier alpha value is -1.95. The summed E-state index contributed by atoms with van der Waals surface area (Å²) >= 11 is 0. The summed E-state index contributed by atoms with van der Waals surface area (Å²) in [6, 6.07) is 1.39. The van der Waals surface area contributed by atoms with Crippen molar-refractivity contribution in [3.05, 3.63) is 36.3 Å². The normalized spacial score (nSPS) is 15.1. The lowest BCUT2D eigenvalue weighted by Gasteiger charge is -2.28. The van der Waals surface area contributed by atoms with Gasteiger partial charge in [0, 0.05) is 25.8 Å². The van der Waals surface area contributed by atoms with Crippen LogP contribution in [0.3, 0.4) is 0 Å². The quantitative estimate of drug-likeness (QED) is 0.820. The summed E-state index contributed by atoms with van der Waals surface area (Å²) in [6.45, 7) is 6.01. The van der Waals surface area contributed by atoms with Gasteiger partial charge in [-0.15, -0.1) is 0 Å². The molecule has 1 aromatic heterocycles. The molecule has 0 aromatic carbocycles. The van der Waals surface area contributed by atoms with Gasteiger partial charge in [-0.3, -0.25) is 4.79 Å². The maximum Gasteiger partial charge on any atom is 0.243 e. The zero-order valence-electron chi connectivity index (χ0n) is 10.6. The molecule has 1 aliphatic rings. The maximum absolute atomic E-state index is 14.0. The van der Waals surface area contributed by atoms with E-state index in [1.54, 1.807) is 6.20 Å². The first-order chi connectivity index (χ1) is 9.20. The average molecular weight is 265 g/mol. The van der Waals surface area contributed by atoms with Gasteiger partial charge in [-0.05, 0) is 17.7 Å². The highest BCUT2D eigenvalue weighted by atomic mass is 19.1. The van der Waals surface area contributed by atoms with Crippen molar-refractivity contribution in [1.29, 1.82) is 0 Å². The van der Waals surface area contributed by atoms with Gasteiger partial charge in [-0.2, -0.15) is 0 Å². The van der Waals surface area contributed by atoms with Gasteiger partial charge in [0.05, 0.1) is 13.2 Å². The number of aromatic nitrogens is 1. The molecule has 1 aromatic rings. The molecule has 2 rings (SSSR count). The van der Waals surface area contributed by atoms with E-state index in [-0.39, 0.29) is 18.3 Å². The van der Waals surface area contributed by atoms with Crippen molar-refractivity contribution >= 4 is 11.7 Å². The van der Waals surface area contributed by atoms with E-state index in [9.17, 15) is 9.18 Å². The number of anilines is 1. The number of nitrogens with zero attached hydrogens (tertiary/aromatic N) is 2. The summed E-state index contributed by atoms with van der Waals surface area (Å²) in [5.41, 5.74) is 0.615. The van der Waals surface area contributed by atoms with E-state index in [1.165, 1.54) is 12.1 Å². The Morgan fingerprint density at radius 1 is 1.58 bits per heavy atom. The Morgan fingerprint density at radius 3 is 2.95 bits per heavy atom. The summed E-state index contributed by atoms with van der Waals surface area (Å²) in [6.07, 6.45) is 2.74. The molecular formula is C13H16FN3O2. The lowest BCUT2D eigenvalue weighted by Crippen LogP contribution is -2.37. The van der Waals surface area contributed by atoms with E-state index < -0.39 is 0 Å². The molecule has 0 aliphatic carbocycles. The molecular weight excluding hydrogens is 249 g/mol. The molecule has 5 nitrogen and oxygen atoms in total. The topological polar surface area (TPSA) is 54.5 Å². The van der Waals surface area contributed by atoms with Gasteiger partial charge >= 0.3 is 0 Å². The number of hydrogen-bond donors (Lipinski definition) is 1. The molecule has 6 heteroatoms. The summed E-state index contributed by atoms with van der Waals surface area (Å²) in [4.78, 5) is 17.0. The Kier molecular flexibility index (Phi) is 4.46. The predicted molar refractivity (Wildman–Crippen MR) is 69.3 cm³/mol. The van der Waals surface area contributed by atoms with E-state index in [4.69, 9.17) is 4.74 Å². The standard InChI is InChI=1S/C13H16FN3O2/c1-2-12(18)15-8-10-7-11(14)13(16-9-10)17-3-5-19-6-4-17/h2,7,9H,1,3-6,8H2,(H,15,18). The smallest absolute Gasteiger partial charge is 0.243 e. The zero-order valence-corrected chi connectivity index (χ0v) is 10.6. The third-order valence-electron chi connectivity index (χ3n) is 2.84. The Labute approximate surface area is 111 Å². The van der Waals surface area contributed by atoms with Crippen molar-refractivity contribution in [3.8, 4) is 0 Å². The maximum atomic E-state index is 14.0. The molecule has 1 amide bonds. The number of nitrogens with one attached hydrogen (secondary N) is 1. The summed E-state index contributed by atoms with van der Waals surface area (Å²) in [5.74, 6) is -0.341. The molecule has 1 aliphatic heterocycles. The molecule has 0 atom stereocenters. The van der Waals surface area contributed by atoms with Gasteiger partial charge in [0.15, 0.2) is 11.6 Å². The van der Waals surface area contributed by atoms with Crippen molar-refractivity contribution in [2.75, 3.05) is 31.2 Å². The minimum absolute atomic E-state index is 0.234. The Morgan fingerprint density at radius 2 is 2.32 bits per heavy atom. The van der Waals surface area contributed by atoms with E-state index >= 15 is 0 Å². The number of carbonyl (C=O) groups excluding carboxylic acids is 1. The number of pyridine rings is 1. The van der Waals surface area contributed by atoms with Gasteiger partial charge < -0.3 is 15.0 Å². The van der Waals surface area contributed by atoms with Crippen LogP contribution >= 0.6 is 0 Å². The second-order valence-corrected chi connectivity index (χ2v) is 4.17. The van der Waals surface area contributed by atoms with Crippen LogP contribution in [-0.2, 0) is 16.1 Å². The average Bonchev–Trinajstić information content (AvgIpc) is 2.45. The number of hydrogen-bond acceptors (Lipinski definition) is 4. The lowest BCUT2D eigenvalue weighted by atomic mass is 10.2. The van der Waals surface area contributed by atoms with Crippen LogP contribution < -0.4 is 10.2 Å². The molecule has 0 spiro atoms. The van der Waals surface area contributed by atoms with Crippen LogP contribution in [0.5, 0.6) is 0 Å². The molecule has 0 bridgehead atoms. The van der Waals surface area contributed by atoms with Gasteiger partial charge in [0.1, 0.15) is 0 Å². The summed E-state index contributed by atoms with van der Waals surface area (Å²) in [7, 11) is 0. The number of halogens is 1. The van der Waals surface area contributed by atoms with Crippen molar-refractivity contribution < 1.29 is 13.9 Å². The van der Waals surface area contributed by atoms with Crippen LogP contribution in [0.25, 0.3) is 0 Å². The SMILES string of the molecule is C=CC(=O)NCc1cnc(N2CCOCC2)c(F)c1. The molecule has 1 N–H and O–H groups in total. The molecule has 1 saturated heterocycles. The largest absolute Gasteiger partial charge is 0.378 e. The van der Waals surface area contributed by atoms with E-state index in [0.717, 1.165) is 0 Å². The highest BCUT2D eigenvalue weighted by Gasteiger charge is 2.16. The fourth-order valence-corrected chi connectivity index (χ4v) is 1.84. The summed E-state index contributed by atoms with van der Waals surface area (Å²) < 4.78 is 19.2. The van der Waals surface area contributed by atoms with Gasteiger partial charge in [-0.1, -0.05) is 6.58 Å². The zero-order chi connectivity index (χ0) is 13.7. The van der Waals surface area contributed by atoms with Crippen LogP contribution in [0, 0.1) is 5.82 Å². The Balaban J connectivity index is 2.03. The molecule has 1 fully saturated rings. The van der Waals surface area contributed by atoms with Crippen LogP contribution in [0.15, 0.2) is 24.9 Å². The first kappa shape index (κ1) is 13.5. The first-order valence-corrected chi connectivity index (χ1v) is 6.08. The summed E-state index contributed by atoms with van der Waals surface area (Å²) in [5, 5.41) is 2.58. The molecule has 0 saturated carbocycles. The number of ether oxygens (including phenoxy) is 1. The first-order valence-electron chi connectivity index (χ1n) is 6.08. The fourth-order valence-electron chi connectivity index (χ4n) is 1.84. The highest BCUT2D eigenvalue weighted by Crippen LogP contribution is 2.18. The Bertz CT molecular complexity index is 473. The van der Waals surface area contributed by atoms with Crippen LogP contribution in [-0.4, -0.2) is 37.2 Å². The van der Waals surface area contributed by atoms with Gasteiger partial charge in [-0.25, -0.2) is 9.37 Å². The van der Waals surface area contributed by atoms with E-state index in [0.29, 0.717) is 37.7 Å². The monoisotopic (exact) mass is 265 g/mol. The molecule has 0 radical (unpaired) electrons. The van der Waals surface area contributed by atoms with Crippen LogP contribution in [0.1, 0.15) is 5.56 Å². The minimum atomic E-state index is -0.382. The van der Waals surface area contributed by atoms with Gasteiger partial charge in [0.2, 0.25) is 5.91 Å². The van der Waals surface area contributed by atoms with Crippen LogP contribution in [0.4, 0.5) is 10.2 Å². The van der Waals surface area contributed by atoms with E-state index in [1.807, 2.05) is 4.90 Å². The van der Waals surface area contributed by atoms with Crippen LogP contribution in [0.2, 0.25) is 0 Å². The minimum Gasteiger partial charge on any atom is -0.378 e. The number of morpholine rings is 1. The van der Waals surface area contributed by atoms with E-state index in [2.05, 4.69) is 16.9 Å². The third-order valence-corrected chi connectivity index (χ3v) is 2.84. The predicted octanol–water partition coefficient (Wildman–Crippen LogP) is 0.859. The second kappa shape index (κ2) is 6.29. The van der Waals surface area contributed by atoms with Crippen molar-refractivity contribution in [1.82, 2.24) is 10.3 Å². The second-order valence-electron chi connectivity index (χ2n) is 4.17. The number of amides is 1. The number of carbonyl (C=O) groups is 1. The molecule has 19 heavy (non-hydrogen) atoms. The van der Waals surface area contributed by atoms with Crippen molar-refractivity contribution in [3.63, 3.8) is 0 Å². The van der Waals surface area contributed by atoms with Gasteiger partial charge in [0.25, 0.3) is 0 Å². The van der Waals surface area contributed by atoms with Crippen molar-refractivity contribution in [2.24, 2.45) is 0 Å². The molecule has 0 unspecified atom stereocenters. The van der Waals surface area contributed by atoms with Crippen molar-refractivity contribution in [2.45, 2.75) is 6.54 Å². The molecule has 102 valence electrons. The third kappa shape index (κ3) is 3.51. The fraction of sp³-hybridized carbons (Fsp3) is 0.385. The molecule has 2 heterocycles. The lowest BCUT2D eigenvalue weighted by molar-refractivity contribution is -0.116. The highest BCUT2D eigenvalue weighted by molar-refractivity contribution is 5.86. The number of rotatable bonds is 4.